The number of carbonyl (C=O) groups is 1. The lowest BCUT2D eigenvalue weighted by Gasteiger charge is -2.08. The van der Waals surface area contributed by atoms with E-state index in [1.807, 2.05) is 25.1 Å². The molecule has 0 atom stereocenters. The second-order valence-electron chi connectivity index (χ2n) is 3.37. The molecule has 0 aliphatic heterocycles. The van der Waals surface area contributed by atoms with Crippen molar-refractivity contribution < 1.29 is 14.3 Å². The molecule has 4 heteroatoms. The van der Waals surface area contributed by atoms with Gasteiger partial charge in [-0.3, -0.25) is 0 Å². The second-order valence-corrected chi connectivity index (χ2v) is 4.29. The summed E-state index contributed by atoms with van der Waals surface area (Å²) in [6.45, 7) is 2.16. The molecular formula is C13H15BrO3. The zero-order chi connectivity index (χ0) is 12.7. The third-order valence-electron chi connectivity index (χ3n) is 2.10. The lowest BCUT2D eigenvalue weighted by atomic mass is 10.2. The summed E-state index contributed by atoms with van der Waals surface area (Å²) < 4.78 is 11.2. The highest BCUT2D eigenvalue weighted by Crippen LogP contribution is 2.23. The fourth-order valence-corrected chi connectivity index (χ4v) is 1.68. The van der Waals surface area contributed by atoms with Gasteiger partial charge in [-0.2, -0.15) is 0 Å². The number of esters is 1. The van der Waals surface area contributed by atoms with Gasteiger partial charge in [0.25, 0.3) is 0 Å². The Kier molecular flexibility index (Phi) is 5.77. The van der Waals surface area contributed by atoms with Gasteiger partial charge in [0.1, 0.15) is 12.4 Å². The van der Waals surface area contributed by atoms with Gasteiger partial charge in [-0.1, -0.05) is 28.9 Å². The highest BCUT2D eigenvalue weighted by atomic mass is 79.9. The van der Waals surface area contributed by atoms with Crippen LogP contribution < -0.4 is 4.74 Å². The minimum absolute atomic E-state index is 0.204. The van der Waals surface area contributed by atoms with Crippen molar-refractivity contribution in [2.75, 3.05) is 7.11 Å². The van der Waals surface area contributed by atoms with Gasteiger partial charge in [-0.25, -0.2) is 4.79 Å². The molecular weight excluding hydrogens is 284 g/mol. The van der Waals surface area contributed by atoms with Crippen LogP contribution in [0.4, 0.5) is 0 Å². The number of hydrogen-bond donors (Lipinski definition) is 0. The summed E-state index contributed by atoms with van der Waals surface area (Å²) in [5.41, 5.74) is 0.833. The quantitative estimate of drug-likeness (QED) is 0.617. The van der Waals surface area contributed by atoms with Crippen LogP contribution in [0.15, 0.2) is 34.8 Å². The Morgan fingerprint density at radius 1 is 1.47 bits per heavy atom. The molecule has 1 aromatic rings. The van der Waals surface area contributed by atoms with E-state index in [0.29, 0.717) is 5.75 Å². The molecule has 1 aromatic carbocycles. The van der Waals surface area contributed by atoms with Crippen LogP contribution in [0, 0.1) is 0 Å². The Morgan fingerprint density at radius 3 is 2.88 bits per heavy atom. The number of halogens is 1. The summed E-state index contributed by atoms with van der Waals surface area (Å²) in [6.07, 6.45) is 4.01. The molecule has 3 nitrogen and oxygen atoms in total. The number of methoxy groups -OCH3 is 1. The van der Waals surface area contributed by atoms with Gasteiger partial charge in [-0.15, -0.1) is 0 Å². The first-order chi connectivity index (χ1) is 8.17. The average molecular weight is 299 g/mol. The molecule has 0 unspecified atom stereocenters. The maximum Gasteiger partial charge on any atom is 0.330 e. The largest absolute Gasteiger partial charge is 0.496 e. The number of rotatable bonds is 5. The van der Waals surface area contributed by atoms with E-state index in [0.717, 1.165) is 16.5 Å². The van der Waals surface area contributed by atoms with Crippen LogP contribution in [-0.2, 0) is 16.1 Å². The highest BCUT2D eigenvalue weighted by Gasteiger charge is 2.05. The van der Waals surface area contributed by atoms with Gasteiger partial charge in [0.05, 0.1) is 7.11 Å². The molecule has 0 aliphatic carbocycles. The van der Waals surface area contributed by atoms with E-state index in [9.17, 15) is 4.79 Å². The van der Waals surface area contributed by atoms with Crippen LogP contribution in [-0.4, -0.2) is 13.1 Å². The summed E-state index contributed by atoms with van der Waals surface area (Å²) in [6, 6.07) is 5.58. The van der Waals surface area contributed by atoms with Gasteiger partial charge < -0.3 is 9.47 Å². The predicted molar refractivity (Wildman–Crippen MR) is 69.9 cm³/mol. The van der Waals surface area contributed by atoms with Crippen LogP contribution in [0.3, 0.4) is 0 Å². The number of allylic oxidation sites excluding steroid dienone is 1. The maximum atomic E-state index is 11.3. The molecule has 0 N–H and O–H groups in total. The van der Waals surface area contributed by atoms with Gasteiger partial charge in [0.2, 0.25) is 0 Å². The molecule has 0 spiro atoms. The summed E-state index contributed by atoms with van der Waals surface area (Å²) in [4.78, 5) is 11.3. The fourth-order valence-electron chi connectivity index (χ4n) is 1.27. The summed E-state index contributed by atoms with van der Waals surface area (Å²) in [7, 11) is 1.59. The van der Waals surface area contributed by atoms with Crippen LogP contribution in [0.2, 0.25) is 0 Å². The molecule has 0 amide bonds. The van der Waals surface area contributed by atoms with E-state index in [1.165, 1.54) is 6.08 Å². The van der Waals surface area contributed by atoms with Gasteiger partial charge in [0.15, 0.2) is 0 Å². The van der Waals surface area contributed by atoms with Crippen LogP contribution in [0.25, 0.3) is 0 Å². The molecule has 1 rings (SSSR count). The van der Waals surface area contributed by atoms with Gasteiger partial charge in [-0.05, 0) is 24.6 Å². The molecule has 0 aromatic heterocycles. The van der Waals surface area contributed by atoms with Crippen molar-refractivity contribution in [3.8, 4) is 5.75 Å². The minimum Gasteiger partial charge on any atom is -0.496 e. The Labute approximate surface area is 110 Å². The van der Waals surface area contributed by atoms with E-state index in [-0.39, 0.29) is 12.6 Å². The average Bonchev–Trinajstić information content (AvgIpc) is 2.34. The van der Waals surface area contributed by atoms with E-state index in [1.54, 1.807) is 13.2 Å². The first-order valence-electron chi connectivity index (χ1n) is 5.33. The van der Waals surface area contributed by atoms with E-state index >= 15 is 0 Å². The number of benzene rings is 1. The third-order valence-corrected chi connectivity index (χ3v) is 2.60. The zero-order valence-corrected chi connectivity index (χ0v) is 11.5. The summed E-state index contributed by atoms with van der Waals surface area (Å²) >= 11 is 3.36. The number of carbonyl (C=O) groups excluding carboxylic acids is 1. The van der Waals surface area contributed by atoms with Crippen LogP contribution in [0.1, 0.15) is 18.9 Å². The number of ether oxygens (including phenoxy) is 2. The van der Waals surface area contributed by atoms with Crippen LogP contribution in [0.5, 0.6) is 5.75 Å². The molecule has 0 saturated carbocycles. The molecule has 0 heterocycles. The zero-order valence-electron chi connectivity index (χ0n) is 9.90. The Balaban J connectivity index is 2.65. The van der Waals surface area contributed by atoms with E-state index in [4.69, 9.17) is 9.47 Å². The van der Waals surface area contributed by atoms with Crippen molar-refractivity contribution in [2.24, 2.45) is 0 Å². The second kappa shape index (κ2) is 7.12. The molecule has 0 saturated heterocycles. The Bertz CT molecular complexity index is 413. The predicted octanol–water partition coefficient (Wildman–Crippen LogP) is 3.47. The first kappa shape index (κ1) is 13.8. The minimum atomic E-state index is -0.339. The first-order valence-corrected chi connectivity index (χ1v) is 6.12. The van der Waals surface area contributed by atoms with Gasteiger partial charge >= 0.3 is 5.97 Å². The lowest BCUT2D eigenvalue weighted by molar-refractivity contribution is -0.139. The van der Waals surface area contributed by atoms with E-state index < -0.39 is 0 Å². The molecule has 0 aliphatic rings. The van der Waals surface area contributed by atoms with Crippen LogP contribution >= 0.6 is 15.9 Å². The lowest BCUT2D eigenvalue weighted by Crippen LogP contribution is -2.02. The topological polar surface area (TPSA) is 35.5 Å². The van der Waals surface area contributed by atoms with Crippen molar-refractivity contribution in [3.05, 3.63) is 40.4 Å². The molecule has 0 bridgehead atoms. The molecule has 0 radical (unpaired) electrons. The summed E-state index contributed by atoms with van der Waals surface area (Å²) in [5.74, 6) is 0.370. The number of hydrogen-bond acceptors (Lipinski definition) is 3. The van der Waals surface area contributed by atoms with Crippen molar-refractivity contribution in [3.63, 3.8) is 0 Å². The van der Waals surface area contributed by atoms with Gasteiger partial charge in [0, 0.05) is 16.1 Å². The third kappa shape index (κ3) is 4.61. The van der Waals surface area contributed by atoms with Crippen molar-refractivity contribution in [2.45, 2.75) is 20.0 Å². The normalized spacial score (nSPS) is 10.5. The monoisotopic (exact) mass is 298 g/mol. The van der Waals surface area contributed by atoms with Crippen molar-refractivity contribution in [1.82, 2.24) is 0 Å². The standard InChI is InChI=1S/C13H15BrO3/c1-3-4-5-13(15)17-9-10-8-11(14)6-7-12(10)16-2/h4-8H,3,9H2,1-2H3/b5-4+. The molecule has 92 valence electrons. The van der Waals surface area contributed by atoms with Crippen molar-refractivity contribution in [1.29, 1.82) is 0 Å². The SMILES string of the molecule is CC/C=C/C(=O)OCc1cc(Br)ccc1OC. The smallest absolute Gasteiger partial charge is 0.330 e. The highest BCUT2D eigenvalue weighted by molar-refractivity contribution is 9.10. The molecule has 17 heavy (non-hydrogen) atoms. The van der Waals surface area contributed by atoms with Crippen molar-refractivity contribution >= 4 is 21.9 Å². The maximum absolute atomic E-state index is 11.3. The van der Waals surface area contributed by atoms with E-state index in [2.05, 4.69) is 15.9 Å². The molecule has 0 fully saturated rings. The Morgan fingerprint density at radius 2 is 2.24 bits per heavy atom. The Hall–Kier alpha value is -1.29. The fraction of sp³-hybridized carbons (Fsp3) is 0.308. The summed E-state index contributed by atoms with van der Waals surface area (Å²) in [5, 5.41) is 0.